The summed E-state index contributed by atoms with van der Waals surface area (Å²) in [6.45, 7) is 2.47. The number of methoxy groups -OCH3 is 1. The predicted octanol–water partition coefficient (Wildman–Crippen LogP) is 3.57. The molecule has 20 heavy (non-hydrogen) atoms. The molecule has 1 aromatic heterocycles. The molecule has 0 aliphatic carbocycles. The smallest absolute Gasteiger partial charge is 0.113 e. The van der Waals surface area contributed by atoms with Gasteiger partial charge in [0.2, 0.25) is 0 Å². The zero-order chi connectivity index (χ0) is 14.2. The first-order valence-electron chi connectivity index (χ1n) is 6.27. The van der Waals surface area contributed by atoms with Gasteiger partial charge in [-0.1, -0.05) is 23.7 Å². The van der Waals surface area contributed by atoms with E-state index in [0.717, 1.165) is 16.3 Å². The summed E-state index contributed by atoms with van der Waals surface area (Å²) in [6.07, 6.45) is 1.67. The summed E-state index contributed by atoms with van der Waals surface area (Å²) in [5.74, 6) is 0. The molecule has 2 aromatic rings. The Morgan fingerprint density at radius 3 is 3.00 bits per heavy atom. The van der Waals surface area contributed by atoms with E-state index in [2.05, 4.69) is 16.4 Å². The third kappa shape index (κ3) is 5.09. The van der Waals surface area contributed by atoms with Gasteiger partial charge < -0.3 is 14.8 Å². The molecular weight excluding hydrogens is 296 g/mol. The zero-order valence-corrected chi connectivity index (χ0v) is 12.8. The Morgan fingerprint density at radius 1 is 1.35 bits per heavy atom. The number of nitrogens with one attached hydrogen (secondary N) is 1. The topological polar surface area (TPSA) is 43.4 Å². The van der Waals surface area contributed by atoms with Gasteiger partial charge in [0, 0.05) is 12.8 Å². The van der Waals surface area contributed by atoms with E-state index in [0.29, 0.717) is 30.7 Å². The number of thiazole rings is 1. The molecule has 0 bridgehead atoms. The number of benzene rings is 1. The lowest BCUT2D eigenvalue weighted by Crippen LogP contribution is -2.03. The summed E-state index contributed by atoms with van der Waals surface area (Å²) in [6, 6.07) is 8.14. The fourth-order valence-corrected chi connectivity index (χ4v) is 2.55. The minimum Gasteiger partial charge on any atom is -0.382 e. The van der Waals surface area contributed by atoms with Crippen molar-refractivity contribution in [1.29, 1.82) is 0 Å². The molecular formula is C14H17ClN2O2S. The van der Waals surface area contributed by atoms with Crippen molar-refractivity contribution in [2.24, 2.45) is 0 Å². The SMILES string of the molecule is COCCOCc1cccc(NCc2ncc(Cl)s2)c1. The van der Waals surface area contributed by atoms with E-state index in [1.54, 1.807) is 13.3 Å². The van der Waals surface area contributed by atoms with E-state index in [9.17, 15) is 0 Å². The molecule has 6 heteroatoms. The number of nitrogens with zero attached hydrogens (tertiary/aromatic N) is 1. The molecule has 1 N–H and O–H groups in total. The molecule has 1 aromatic carbocycles. The van der Waals surface area contributed by atoms with Crippen molar-refractivity contribution >= 4 is 28.6 Å². The zero-order valence-electron chi connectivity index (χ0n) is 11.3. The first-order chi connectivity index (χ1) is 9.78. The van der Waals surface area contributed by atoms with Crippen molar-refractivity contribution in [3.63, 3.8) is 0 Å². The van der Waals surface area contributed by atoms with Crippen LogP contribution in [0.1, 0.15) is 10.6 Å². The van der Waals surface area contributed by atoms with Crippen LogP contribution in [0, 0.1) is 0 Å². The van der Waals surface area contributed by atoms with Crippen LogP contribution in [0.3, 0.4) is 0 Å². The molecule has 2 rings (SSSR count). The normalized spacial score (nSPS) is 10.7. The lowest BCUT2D eigenvalue weighted by atomic mass is 10.2. The maximum absolute atomic E-state index is 5.85. The van der Waals surface area contributed by atoms with Gasteiger partial charge in [-0.25, -0.2) is 4.98 Å². The number of aromatic nitrogens is 1. The van der Waals surface area contributed by atoms with Crippen LogP contribution in [0.5, 0.6) is 0 Å². The fraction of sp³-hybridized carbons (Fsp3) is 0.357. The summed E-state index contributed by atoms with van der Waals surface area (Å²) in [5, 5.41) is 4.29. The van der Waals surface area contributed by atoms with Gasteiger partial charge in [-0.15, -0.1) is 11.3 Å². The molecule has 4 nitrogen and oxygen atoms in total. The third-order valence-electron chi connectivity index (χ3n) is 2.60. The van der Waals surface area contributed by atoms with Gasteiger partial charge in [-0.05, 0) is 17.7 Å². The molecule has 0 aliphatic rings. The van der Waals surface area contributed by atoms with Crippen LogP contribution < -0.4 is 5.32 Å². The van der Waals surface area contributed by atoms with E-state index in [1.165, 1.54) is 11.3 Å². The largest absolute Gasteiger partial charge is 0.382 e. The summed E-state index contributed by atoms with van der Waals surface area (Å²) >= 11 is 7.34. The molecule has 0 fully saturated rings. The van der Waals surface area contributed by atoms with Gasteiger partial charge in [0.05, 0.1) is 32.6 Å². The minimum atomic E-state index is 0.585. The number of hydrogen-bond donors (Lipinski definition) is 1. The van der Waals surface area contributed by atoms with Crippen molar-refractivity contribution < 1.29 is 9.47 Å². The predicted molar refractivity (Wildman–Crippen MR) is 82.4 cm³/mol. The molecule has 1 heterocycles. The summed E-state index contributed by atoms with van der Waals surface area (Å²) in [4.78, 5) is 4.21. The van der Waals surface area contributed by atoms with Gasteiger partial charge in [0.25, 0.3) is 0 Å². The van der Waals surface area contributed by atoms with Gasteiger partial charge in [-0.2, -0.15) is 0 Å². The van der Waals surface area contributed by atoms with Crippen LogP contribution in [-0.2, 0) is 22.6 Å². The van der Waals surface area contributed by atoms with Crippen molar-refractivity contribution in [1.82, 2.24) is 4.98 Å². The molecule has 0 amide bonds. The number of rotatable bonds is 8. The van der Waals surface area contributed by atoms with Gasteiger partial charge in [-0.3, -0.25) is 0 Å². The average molecular weight is 313 g/mol. The fourth-order valence-electron chi connectivity index (χ4n) is 1.65. The van der Waals surface area contributed by atoms with Crippen LogP contribution in [0.4, 0.5) is 5.69 Å². The second-order valence-electron chi connectivity index (χ2n) is 4.16. The van der Waals surface area contributed by atoms with Crippen molar-refractivity contribution in [3.8, 4) is 0 Å². The quantitative estimate of drug-likeness (QED) is 0.757. The summed E-state index contributed by atoms with van der Waals surface area (Å²) < 4.78 is 11.2. The van der Waals surface area contributed by atoms with E-state index >= 15 is 0 Å². The number of anilines is 1. The highest BCUT2D eigenvalue weighted by molar-refractivity contribution is 7.15. The Bertz CT molecular complexity index is 533. The molecule has 0 radical (unpaired) electrons. The van der Waals surface area contributed by atoms with Gasteiger partial charge in [0.15, 0.2) is 0 Å². The van der Waals surface area contributed by atoms with Gasteiger partial charge in [0.1, 0.15) is 9.34 Å². The first kappa shape index (κ1) is 15.3. The highest BCUT2D eigenvalue weighted by Crippen LogP contribution is 2.19. The van der Waals surface area contributed by atoms with Crippen LogP contribution in [0.25, 0.3) is 0 Å². The Kier molecular flexibility index (Phi) is 6.26. The van der Waals surface area contributed by atoms with Crippen LogP contribution in [0.2, 0.25) is 4.34 Å². The average Bonchev–Trinajstić information content (AvgIpc) is 2.88. The van der Waals surface area contributed by atoms with Crippen LogP contribution >= 0.6 is 22.9 Å². The molecule has 108 valence electrons. The molecule has 0 spiro atoms. The minimum absolute atomic E-state index is 0.585. The summed E-state index contributed by atoms with van der Waals surface area (Å²) in [7, 11) is 1.67. The number of ether oxygens (including phenoxy) is 2. The lowest BCUT2D eigenvalue weighted by Gasteiger charge is -2.08. The molecule has 0 aliphatic heterocycles. The number of hydrogen-bond acceptors (Lipinski definition) is 5. The third-order valence-corrected chi connectivity index (χ3v) is 3.71. The van der Waals surface area contributed by atoms with E-state index in [-0.39, 0.29) is 0 Å². The lowest BCUT2D eigenvalue weighted by molar-refractivity contribution is 0.0617. The Balaban J connectivity index is 1.82. The first-order valence-corrected chi connectivity index (χ1v) is 7.47. The summed E-state index contributed by atoms with van der Waals surface area (Å²) in [5.41, 5.74) is 2.17. The van der Waals surface area contributed by atoms with E-state index < -0.39 is 0 Å². The second-order valence-corrected chi connectivity index (χ2v) is 5.90. The number of halogens is 1. The second kappa shape index (κ2) is 8.21. The van der Waals surface area contributed by atoms with E-state index in [4.69, 9.17) is 21.1 Å². The monoisotopic (exact) mass is 312 g/mol. The molecule has 0 saturated carbocycles. The maximum Gasteiger partial charge on any atom is 0.113 e. The van der Waals surface area contributed by atoms with Crippen molar-refractivity contribution in [2.75, 3.05) is 25.6 Å². The maximum atomic E-state index is 5.85. The molecule has 0 saturated heterocycles. The Morgan fingerprint density at radius 2 is 2.25 bits per heavy atom. The Hall–Kier alpha value is -1.14. The van der Waals surface area contributed by atoms with Crippen LogP contribution in [0.15, 0.2) is 30.5 Å². The molecule has 0 unspecified atom stereocenters. The molecule has 0 atom stereocenters. The van der Waals surface area contributed by atoms with Gasteiger partial charge >= 0.3 is 0 Å². The van der Waals surface area contributed by atoms with E-state index in [1.807, 2.05) is 18.2 Å². The van der Waals surface area contributed by atoms with Crippen LogP contribution in [-0.4, -0.2) is 25.3 Å². The van der Waals surface area contributed by atoms with Crippen molar-refractivity contribution in [3.05, 3.63) is 45.4 Å². The standard InChI is InChI=1S/C14H17ClN2O2S/c1-18-5-6-19-10-11-3-2-4-12(7-11)16-9-14-17-8-13(15)20-14/h2-4,7-8,16H,5-6,9-10H2,1H3. The van der Waals surface area contributed by atoms with Crippen molar-refractivity contribution in [2.45, 2.75) is 13.2 Å². The Labute approximate surface area is 127 Å². The highest BCUT2D eigenvalue weighted by Gasteiger charge is 2.01. The highest BCUT2D eigenvalue weighted by atomic mass is 35.5.